The lowest BCUT2D eigenvalue weighted by Gasteiger charge is -2.60. The highest BCUT2D eigenvalue weighted by atomic mass is 19.2. The third-order valence-electron chi connectivity index (χ3n) is 26.5. The molecule has 14 fully saturated rings. The van der Waals surface area contributed by atoms with Gasteiger partial charge in [0.05, 0.1) is 55.4 Å². The minimum absolute atomic E-state index is 0.0149. The number of benzene rings is 4. The molecule has 8 amide bonds. The molecule has 0 N–H and O–H groups in total. The first kappa shape index (κ1) is 76.8. The van der Waals surface area contributed by atoms with Crippen molar-refractivity contribution in [1.82, 2.24) is 39.2 Å². The number of hydrogen-bond acceptors (Lipinski definition) is 10. The molecule has 4 aromatic carbocycles. The Morgan fingerprint density at radius 2 is 0.851 bits per heavy atom. The topological polar surface area (TPSA) is 157 Å². The number of amides is 8. The molecule has 612 valence electrons. The molecule has 2 aliphatic carbocycles. The number of piperidine rings is 4. The number of carbonyl (C=O) groups is 5. The third-order valence-corrected chi connectivity index (χ3v) is 26.5. The molecule has 0 radical (unpaired) electrons. The maximum Gasteiger partial charge on any atom is 0.320 e. The number of Topliss-reactive ketones (excluding diaryl/α,β-unsaturated/α-hetero) is 1. The minimum atomic E-state index is -2.43. The summed E-state index contributed by atoms with van der Waals surface area (Å²) in [4.78, 5) is 78.0. The van der Waals surface area contributed by atoms with Crippen molar-refractivity contribution >= 4 is 41.6 Å². The van der Waals surface area contributed by atoms with Gasteiger partial charge in [0.15, 0.2) is 5.78 Å². The number of urea groups is 4. The van der Waals surface area contributed by atoms with Crippen LogP contribution >= 0.6 is 0 Å². The second kappa shape index (κ2) is 34.4. The van der Waals surface area contributed by atoms with Crippen LogP contribution in [0, 0.1) is 95.3 Å². The number of fused-ring (bicyclic) bond motifs is 4. The standard InChI is InChI=1S/C24H32N2O3.C23H28F2N2O2.C22H26F2N2O2.C21H24F2N2O3/c1-17-9-20-13-25(8-7-22(20)29-14-17)23(27)26-15-24(16-26)11-18(12-24)10-19-5-3-4-6-21(19)28-2;1-15-7-17-11-26(6-5-21(17)29-12-15)22(28)27-13-23(14-27)9-16(10-23)8-18-19(24)3-2-4-20(18)25;1-14-7-18-12-25(6-5-21(18)28-13-14)22(27)26-10-16(11-26)8-20(24)17-4-3-15(2)19(23)9-17;1-13-2-3-15(8-18(13)22)19(23)6-14-9-25(10-14)21(27)24-5-4-20-16(11-24)7-17(26)12-28-20/h3-6,18,20,22H,1,7-16H2,2H3;2-4,16-17,21H,1,5-14H2;3-4,8-9,16,18,21H,1,5-7,10-13H2,2H3;2-3,6,8,14,16,20H,4-5,7,9-12H2,1H3/b;;20-8-;19-6+/t20-,22+;17-,21+;18-,21+;16-,20+/m1111/s1/i2T3;2*22-1;21-1. The fraction of sp³-hybridized carbons (Fsp3) is 0.567. The van der Waals surface area contributed by atoms with E-state index in [9.17, 15) is 50.3 Å². The number of likely N-dealkylation sites (tertiary alicyclic amines) is 8. The molecular formula is C90H110F6N8O10. The number of para-hydroxylation sites is 1. The van der Waals surface area contributed by atoms with Crippen LogP contribution in [-0.2, 0) is 36.6 Å². The van der Waals surface area contributed by atoms with E-state index in [1.54, 1.807) is 64.9 Å². The Labute approximate surface area is 670 Å². The summed E-state index contributed by atoms with van der Waals surface area (Å²) in [6.07, 6.45) is 15.8. The summed E-state index contributed by atoms with van der Waals surface area (Å²) >= 11 is 0. The van der Waals surface area contributed by atoms with Crippen LogP contribution in [0.3, 0.4) is 0 Å². The summed E-state index contributed by atoms with van der Waals surface area (Å²) in [7, 11) is -2.43. The quantitative estimate of drug-likeness (QED) is 0.117. The van der Waals surface area contributed by atoms with Crippen molar-refractivity contribution in [3.8, 4) is 5.75 Å². The van der Waals surface area contributed by atoms with Crippen LogP contribution in [0.15, 0.2) is 127 Å². The van der Waals surface area contributed by atoms with E-state index in [1.165, 1.54) is 42.5 Å². The molecule has 114 heavy (non-hydrogen) atoms. The monoisotopic (exact) mass is 1580 g/mol. The molecule has 2 spiro atoms. The average molecular weight is 1580 g/mol. The van der Waals surface area contributed by atoms with Gasteiger partial charge in [-0.15, -0.1) is 0 Å². The molecule has 12 heterocycles. The number of hydrogen-bond donors (Lipinski definition) is 0. The largest absolute Gasteiger partial charge is 0.496 e. The second-order valence-corrected chi connectivity index (χ2v) is 35.5. The van der Waals surface area contributed by atoms with Gasteiger partial charge in [0.1, 0.15) is 47.3 Å². The van der Waals surface area contributed by atoms with Gasteiger partial charge in [-0.1, -0.05) is 85.0 Å². The van der Waals surface area contributed by atoms with Crippen LogP contribution < -0.4 is 4.74 Å². The van der Waals surface area contributed by atoms with Crippen LogP contribution in [0.2, 0.25) is 0 Å². The summed E-state index contributed by atoms with van der Waals surface area (Å²) in [5, 5.41) is 0. The van der Waals surface area contributed by atoms with E-state index < -0.39 is 42.0 Å². The predicted molar refractivity (Wildman–Crippen MR) is 421 cm³/mol. The number of nitrogens with zero attached hydrogens (tertiary/aromatic N) is 8. The molecule has 0 bridgehead atoms. The minimum Gasteiger partial charge on any atom is -0.496 e. The Morgan fingerprint density at radius 3 is 1.25 bits per heavy atom. The summed E-state index contributed by atoms with van der Waals surface area (Å²) in [5.74, 6) is -0.248. The number of ketones is 1. The van der Waals surface area contributed by atoms with E-state index in [-0.39, 0.29) is 106 Å². The van der Waals surface area contributed by atoms with Crippen LogP contribution in [0.5, 0.6) is 5.75 Å². The number of halogens is 6. The highest BCUT2D eigenvalue weighted by molar-refractivity contribution is 5.81. The molecular weight excluding hydrogens is 1460 g/mol. The van der Waals surface area contributed by atoms with E-state index in [0.29, 0.717) is 131 Å². The van der Waals surface area contributed by atoms with Gasteiger partial charge in [0.2, 0.25) is 0 Å². The van der Waals surface area contributed by atoms with Gasteiger partial charge in [-0.3, -0.25) is 4.79 Å². The van der Waals surface area contributed by atoms with Crippen molar-refractivity contribution in [2.24, 2.45) is 58.2 Å². The Kier molecular flexibility index (Phi) is 23.2. The van der Waals surface area contributed by atoms with Gasteiger partial charge < -0.3 is 62.9 Å². The van der Waals surface area contributed by atoms with Crippen LogP contribution in [0.1, 0.15) is 115 Å². The van der Waals surface area contributed by atoms with Crippen molar-refractivity contribution in [3.05, 3.63) is 184 Å². The molecule has 0 aromatic heterocycles. The molecule has 12 aliphatic heterocycles. The van der Waals surface area contributed by atoms with E-state index >= 15 is 0 Å². The number of carbonyl (C=O) groups excluding carboxylic acids is 5. The Balaban J connectivity index is 0.000000122. The van der Waals surface area contributed by atoms with Gasteiger partial charge in [-0.05, 0) is 168 Å². The van der Waals surface area contributed by atoms with Gasteiger partial charge in [0.25, 0.3) is 0 Å². The molecule has 12 saturated heterocycles. The fourth-order valence-electron chi connectivity index (χ4n) is 20.4. The zero-order valence-corrected chi connectivity index (χ0v) is 65.7. The molecule has 4 aromatic rings. The second-order valence-electron chi connectivity index (χ2n) is 35.5. The van der Waals surface area contributed by atoms with Gasteiger partial charge in [-0.25, -0.2) is 45.5 Å². The highest BCUT2D eigenvalue weighted by Crippen LogP contribution is 2.55. The zero-order valence-electron chi connectivity index (χ0n) is 68.7. The Bertz CT molecular complexity index is 4310. The van der Waals surface area contributed by atoms with Gasteiger partial charge >= 0.3 is 24.1 Å². The van der Waals surface area contributed by atoms with E-state index in [0.717, 1.165) is 152 Å². The fourth-order valence-corrected chi connectivity index (χ4v) is 20.4. The molecule has 8 atom stereocenters. The normalized spacial score (nSPS) is 28.4. The molecule has 0 unspecified atom stereocenters. The van der Waals surface area contributed by atoms with Crippen molar-refractivity contribution < 1.29 is 78.1 Å². The van der Waals surface area contributed by atoms with Crippen LogP contribution in [0.25, 0.3) is 11.7 Å². The summed E-state index contributed by atoms with van der Waals surface area (Å²) < 4.78 is 134. The first-order valence-electron chi connectivity index (χ1n) is 42.5. The average Bonchev–Trinajstić information content (AvgIpc) is 0.734. The van der Waals surface area contributed by atoms with Crippen LogP contribution in [0.4, 0.5) is 45.5 Å². The summed E-state index contributed by atoms with van der Waals surface area (Å²) in [6.45, 7) is 28.2. The Hall–Kier alpha value is -8.45. The van der Waals surface area contributed by atoms with Crippen molar-refractivity contribution in [3.63, 3.8) is 0 Å². The summed E-state index contributed by atoms with van der Waals surface area (Å²) in [6, 6.07) is 20.4. The molecule has 18 nitrogen and oxygen atoms in total. The maximum atomic E-state index is 14.4. The number of rotatable bonds is 9. The molecule has 14 aliphatic rings. The first-order valence-corrected chi connectivity index (χ1v) is 41.0. The predicted octanol–water partition coefficient (Wildman–Crippen LogP) is 15.1. The van der Waals surface area contributed by atoms with Crippen molar-refractivity contribution in [2.45, 2.75) is 128 Å². The molecule has 24 heteroatoms. The van der Waals surface area contributed by atoms with E-state index in [2.05, 4.69) is 19.7 Å². The highest BCUT2D eigenvalue weighted by Gasteiger charge is 2.56. The molecule has 18 rings (SSSR count). The van der Waals surface area contributed by atoms with E-state index in [4.69, 9.17) is 27.8 Å². The number of ether oxygens (including phenoxy) is 5. The lowest BCUT2D eigenvalue weighted by atomic mass is 9.55. The summed E-state index contributed by atoms with van der Waals surface area (Å²) in [5.41, 5.74) is 6.36. The lowest BCUT2D eigenvalue weighted by Crippen LogP contribution is -2.66. The zero-order chi connectivity index (χ0) is 82.4. The SMILES string of the molecule is C=C1CO[C@H]2CCN([11C](=O)N3CC(/C=C(\F)c4ccc(C)c(F)c4)C3)C[C@H]2C1.C=C1CO[C@H]2CCN([11C](=O)N3CC4(CC(Cc5c(F)cccc5F)C4)C3)C[C@H]2C1.Cc1ccc(/C(F)=C\C2CN([11C](=O)N3CC[C@@H]4OCC(=O)C[C@@H]4C3)C2)cc1F.[3H]C([3H])([3H])Oc1ccccc1CC1CC2(C1)CN(C(=O)N1CC[C@@H]3OCC(=C)C[C@@H]3C1)C2. The smallest absolute Gasteiger partial charge is 0.320 e. The van der Waals surface area contributed by atoms with Crippen LogP contribution in [-0.4, -0.2) is 232 Å². The lowest BCUT2D eigenvalue weighted by molar-refractivity contribution is -0.140. The third kappa shape index (κ3) is 18.2. The van der Waals surface area contributed by atoms with Gasteiger partial charge in [0, 0.05) is 174 Å². The maximum absolute atomic E-state index is 14.4. The van der Waals surface area contributed by atoms with Crippen molar-refractivity contribution in [2.75, 3.05) is 138 Å². The number of methoxy groups -OCH3 is 1. The Morgan fingerprint density at radius 1 is 0.474 bits per heavy atom. The van der Waals surface area contributed by atoms with E-state index in [1.807, 2.05) is 36.6 Å². The molecule has 2 saturated carbocycles. The first-order chi connectivity index (χ1) is 55.9. The van der Waals surface area contributed by atoms with Gasteiger partial charge in [-0.2, -0.15) is 0 Å². The number of aryl methyl sites for hydroxylation is 2. The van der Waals surface area contributed by atoms with Crippen molar-refractivity contribution in [1.29, 1.82) is 0 Å².